The first kappa shape index (κ1) is 16.7. The fourth-order valence-corrected chi connectivity index (χ4v) is 3.12. The third kappa shape index (κ3) is 5.24. The molecule has 2 rings (SSSR count). The number of rotatable bonds is 7. The summed E-state index contributed by atoms with van der Waals surface area (Å²) in [5.41, 5.74) is -0.515. The van der Waals surface area contributed by atoms with Crippen molar-refractivity contribution >= 4 is 5.97 Å². The van der Waals surface area contributed by atoms with E-state index < -0.39 is 5.54 Å². The number of hydrogen-bond acceptors (Lipinski definition) is 5. The smallest absolute Gasteiger partial charge is 0.325 e. The van der Waals surface area contributed by atoms with E-state index in [9.17, 15) is 4.79 Å². The fraction of sp³-hybridized carbons (Fsp3) is 0.938. The molecule has 5 nitrogen and oxygen atoms in total. The van der Waals surface area contributed by atoms with Crippen molar-refractivity contribution < 1.29 is 9.53 Å². The SMILES string of the molecule is COC(=O)C(C)(CCCN1CCCN(C)CC1)NC1CC1. The van der Waals surface area contributed by atoms with E-state index in [2.05, 4.69) is 22.2 Å². The van der Waals surface area contributed by atoms with Crippen molar-refractivity contribution in [1.82, 2.24) is 15.1 Å². The molecule has 2 fully saturated rings. The number of carbonyl (C=O) groups is 1. The highest BCUT2D eigenvalue weighted by Crippen LogP contribution is 2.25. The molecule has 21 heavy (non-hydrogen) atoms. The minimum atomic E-state index is -0.515. The van der Waals surface area contributed by atoms with Crippen molar-refractivity contribution in [2.75, 3.05) is 46.9 Å². The number of esters is 1. The van der Waals surface area contributed by atoms with Gasteiger partial charge in [-0.3, -0.25) is 10.1 Å². The molecule has 1 unspecified atom stereocenters. The van der Waals surface area contributed by atoms with Crippen LogP contribution in [0.25, 0.3) is 0 Å². The number of likely N-dealkylation sites (N-methyl/N-ethyl adjacent to an activating group) is 1. The second-order valence-corrected chi connectivity index (χ2v) is 6.84. The van der Waals surface area contributed by atoms with Crippen LogP contribution in [0.1, 0.15) is 39.0 Å². The van der Waals surface area contributed by atoms with Crippen LogP contribution >= 0.6 is 0 Å². The Bertz CT molecular complexity index is 346. The summed E-state index contributed by atoms with van der Waals surface area (Å²) in [5.74, 6) is -0.120. The van der Waals surface area contributed by atoms with Crippen molar-refractivity contribution in [3.8, 4) is 0 Å². The van der Waals surface area contributed by atoms with Crippen molar-refractivity contribution in [2.45, 2.75) is 50.6 Å². The quantitative estimate of drug-likeness (QED) is 0.713. The van der Waals surface area contributed by atoms with Gasteiger partial charge in [-0.05, 0) is 65.7 Å². The summed E-state index contributed by atoms with van der Waals surface area (Å²) >= 11 is 0. The lowest BCUT2D eigenvalue weighted by Crippen LogP contribution is -2.51. The largest absolute Gasteiger partial charge is 0.468 e. The highest BCUT2D eigenvalue weighted by atomic mass is 16.5. The molecule has 0 aromatic heterocycles. The van der Waals surface area contributed by atoms with Gasteiger partial charge in [0, 0.05) is 19.1 Å². The van der Waals surface area contributed by atoms with Crippen LogP contribution in [0.3, 0.4) is 0 Å². The fourth-order valence-electron chi connectivity index (χ4n) is 3.12. The van der Waals surface area contributed by atoms with E-state index in [1.165, 1.54) is 39.5 Å². The molecule has 1 aliphatic carbocycles. The van der Waals surface area contributed by atoms with Gasteiger partial charge >= 0.3 is 5.97 Å². The maximum atomic E-state index is 12.1. The molecule has 0 spiro atoms. The summed E-state index contributed by atoms with van der Waals surface area (Å²) < 4.78 is 5.00. The van der Waals surface area contributed by atoms with E-state index in [1.54, 1.807) is 0 Å². The van der Waals surface area contributed by atoms with Crippen molar-refractivity contribution in [1.29, 1.82) is 0 Å². The molecule has 1 N–H and O–H groups in total. The Hall–Kier alpha value is -0.650. The van der Waals surface area contributed by atoms with Gasteiger partial charge in [-0.1, -0.05) is 0 Å². The van der Waals surface area contributed by atoms with Gasteiger partial charge in [0.05, 0.1) is 7.11 Å². The van der Waals surface area contributed by atoms with Crippen molar-refractivity contribution in [3.05, 3.63) is 0 Å². The molecule has 1 atom stereocenters. The van der Waals surface area contributed by atoms with Crippen molar-refractivity contribution in [2.24, 2.45) is 0 Å². The number of nitrogens with zero attached hydrogens (tertiary/aromatic N) is 2. The number of methoxy groups -OCH3 is 1. The summed E-state index contributed by atoms with van der Waals surface area (Å²) in [6.07, 6.45) is 5.50. The standard InChI is InChI=1S/C16H31N3O2/c1-16(15(20)21-3,17-14-6-7-14)8-4-10-19-11-5-9-18(2)12-13-19/h14,17H,4-13H2,1-3H3. The van der Waals surface area contributed by atoms with E-state index in [4.69, 9.17) is 4.74 Å². The van der Waals surface area contributed by atoms with E-state index >= 15 is 0 Å². The average molecular weight is 297 g/mol. The topological polar surface area (TPSA) is 44.8 Å². The highest BCUT2D eigenvalue weighted by molar-refractivity contribution is 5.80. The van der Waals surface area contributed by atoms with Gasteiger partial charge in [0.15, 0.2) is 0 Å². The van der Waals surface area contributed by atoms with E-state index in [0.29, 0.717) is 6.04 Å². The van der Waals surface area contributed by atoms with Crippen LogP contribution in [0.5, 0.6) is 0 Å². The molecule has 0 radical (unpaired) electrons. The zero-order chi connectivity index (χ0) is 15.3. The zero-order valence-electron chi connectivity index (χ0n) is 13.9. The van der Waals surface area contributed by atoms with Gasteiger partial charge in [-0.2, -0.15) is 0 Å². The Morgan fingerprint density at radius 2 is 2.05 bits per heavy atom. The summed E-state index contributed by atoms with van der Waals surface area (Å²) in [4.78, 5) is 17.0. The Morgan fingerprint density at radius 1 is 1.29 bits per heavy atom. The molecule has 0 bridgehead atoms. The van der Waals surface area contributed by atoms with Gasteiger partial charge in [0.25, 0.3) is 0 Å². The molecule has 0 aromatic carbocycles. The van der Waals surface area contributed by atoms with Gasteiger partial charge in [0.2, 0.25) is 0 Å². The Kier molecular flexibility index (Phi) is 6.02. The number of ether oxygens (including phenoxy) is 1. The maximum absolute atomic E-state index is 12.1. The molecular formula is C16H31N3O2. The predicted octanol–water partition coefficient (Wildman–Crippen LogP) is 1.09. The van der Waals surface area contributed by atoms with E-state index in [0.717, 1.165) is 32.5 Å². The Morgan fingerprint density at radius 3 is 2.71 bits per heavy atom. The summed E-state index contributed by atoms with van der Waals surface area (Å²) in [6, 6.07) is 0.515. The summed E-state index contributed by atoms with van der Waals surface area (Å²) in [5, 5.41) is 3.47. The molecule has 5 heteroatoms. The second-order valence-electron chi connectivity index (χ2n) is 6.84. The molecule has 0 amide bonds. The molecule has 122 valence electrons. The van der Waals surface area contributed by atoms with Gasteiger partial charge in [0.1, 0.15) is 5.54 Å². The first-order chi connectivity index (χ1) is 10.0. The molecular weight excluding hydrogens is 266 g/mol. The molecule has 1 heterocycles. The highest BCUT2D eigenvalue weighted by Gasteiger charge is 2.38. The zero-order valence-corrected chi connectivity index (χ0v) is 13.9. The van der Waals surface area contributed by atoms with Gasteiger partial charge < -0.3 is 14.5 Å². The Labute approximate surface area is 129 Å². The van der Waals surface area contributed by atoms with Crippen LogP contribution in [0.4, 0.5) is 0 Å². The normalized spacial score (nSPS) is 24.3. The molecule has 2 aliphatic rings. The third-order valence-electron chi connectivity index (χ3n) is 4.70. The van der Waals surface area contributed by atoms with Crippen LogP contribution in [0, 0.1) is 0 Å². The molecule has 0 aromatic rings. The van der Waals surface area contributed by atoms with Crippen LogP contribution in [0.2, 0.25) is 0 Å². The number of carbonyl (C=O) groups excluding carboxylic acids is 1. The lowest BCUT2D eigenvalue weighted by molar-refractivity contribution is -0.148. The third-order valence-corrected chi connectivity index (χ3v) is 4.70. The average Bonchev–Trinajstić information content (AvgIpc) is 3.27. The molecule has 1 saturated heterocycles. The molecule has 1 saturated carbocycles. The van der Waals surface area contributed by atoms with Crippen LogP contribution < -0.4 is 5.32 Å². The lowest BCUT2D eigenvalue weighted by atomic mass is 9.95. The van der Waals surface area contributed by atoms with Crippen LogP contribution in [-0.4, -0.2) is 74.2 Å². The maximum Gasteiger partial charge on any atom is 0.325 e. The lowest BCUT2D eigenvalue weighted by Gasteiger charge is -2.29. The monoisotopic (exact) mass is 297 g/mol. The summed E-state index contributed by atoms with van der Waals surface area (Å²) in [7, 11) is 3.68. The van der Waals surface area contributed by atoms with Gasteiger partial charge in [-0.15, -0.1) is 0 Å². The Balaban J connectivity index is 1.77. The second kappa shape index (κ2) is 7.56. The first-order valence-corrected chi connectivity index (χ1v) is 8.30. The molecule has 1 aliphatic heterocycles. The van der Waals surface area contributed by atoms with Crippen LogP contribution in [-0.2, 0) is 9.53 Å². The number of hydrogen-bond donors (Lipinski definition) is 1. The van der Waals surface area contributed by atoms with E-state index in [1.807, 2.05) is 6.92 Å². The van der Waals surface area contributed by atoms with Crippen molar-refractivity contribution in [3.63, 3.8) is 0 Å². The minimum Gasteiger partial charge on any atom is -0.468 e. The van der Waals surface area contributed by atoms with E-state index in [-0.39, 0.29) is 5.97 Å². The number of nitrogens with one attached hydrogen (secondary N) is 1. The van der Waals surface area contributed by atoms with Gasteiger partial charge in [-0.25, -0.2) is 0 Å². The minimum absolute atomic E-state index is 0.120. The van der Waals surface area contributed by atoms with Crippen LogP contribution in [0.15, 0.2) is 0 Å². The summed E-state index contributed by atoms with van der Waals surface area (Å²) in [6.45, 7) is 7.73. The first-order valence-electron chi connectivity index (χ1n) is 8.30. The predicted molar refractivity (Wildman–Crippen MR) is 84.4 cm³/mol.